The van der Waals surface area contributed by atoms with Crippen molar-refractivity contribution < 1.29 is 94.6 Å². The van der Waals surface area contributed by atoms with E-state index in [1.54, 1.807) is 144 Å². The smallest absolute Gasteiger partial charge is 0.372 e. The van der Waals surface area contributed by atoms with Gasteiger partial charge in [0, 0.05) is 53.0 Å². The van der Waals surface area contributed by atoms with Crippen LogP contribution in [-0.4, -0.2) is 85.9 Å². The van der Waals surface area contributed by atoms with Crippen LogP contribution in [-0.2, 0) is 37.9 Å². The van der Waals surface area contributed by atoms with E-state index in [9.17, 15) is 19.8 Å². The summed E-state index contributed by atoms with van der Waals surface area (Å²) in [5.74, 6) is 0. The van der Waals surface area contributed by atoms with Gasteiger partial charge >= 0.3 is 17.1 Å². The number of aliphatic hydroxyl groups is 2. The van der Waals surface area contributed by atoms with Gasteiger partial charge in [-0.3, -0.25) is 29.5 Å². The summed E-state index contributed by atoms with van der Waals surface area (Å²) in [6, 6.07) is 26.2. The summed E-state index contributed by atoms with van der Waals surface area (Å²) in [5, 5.41) is 24.1. The molecule has 22 heteroatoms. The van der Waals surface area contributed by atoms with E-state index in [4.69, 9.17) is 42.3 Å². The standard InChI is InChI=1S/C27H21N5O2.2C3H7NO.2ClHO4.Fe/c33-26(20-10-1-5-16-28-20,21-11-2-6-17-29-21)24-14-9-15-25(32-24)27(34,22-12-3-7-18-30-22)23-13-4-8-19-31-23;2*1-4(2)3-5;2*2-1(3,4)5;/h1-19,33-34H;2*3H,1-2H3;2*(H,2,3,4,5);/q;;;;;+2/p-2. The number of aromatic nitrogens is 5. The zero-order valence-corrected chi connectivity index (χ0v) is 32.0. The number of amides is 2. The first kappa shape index (κ1) is 50.4. The van der Waals surface area contributed by atoms with Crippen LogP contribution in [0.1, 0.15) is 34.2 Å². The summed E-state index contributed by atoms with van der Waals surface area (Å²) in [5.41, 5.74) is -1.56. The fourth-order valence-corrected chi connectivity index (χ4v) is 3.93. The Morgan fingerprint density at radius 1 is 0.473 bits per heavy atom. The van der Waals surface area contributed by atoms with Crippen molar-refractivity contribution in [2.45, 2.75) is 11.2 Å². The van der Waals surface area contributed by atoms with Crippen molar-refractivity contribution in [2.75, 3.05) is 28.2 Å². The minimum Gasteiger partial charge on any atom is -0.372 e. The molecule has 0 aliphatic rings. The maximum Gasteiger partial charge on any atom is 2.00 e. The number of hydrogen-bond donors (Lipinski definition) is 2. The third-order valence-corrected chi connectivity index (χ3v) is 6.05. The predicted molar refractivity (Wildman–Crippen MR) is 165 cm³/mol. The Balaban J connectivity index is 0.00000115. The van der Waals surface area contributed by atoms with Gasteiger partial charge in [0.25, 0.3) is 0 Å². The Labute approximate surface area is 330 Å². The Morgan fingerprint density at radius 2 is 0.673 bits per heavy atom. The van der Waals surface area contributed by atoms with Gasteiger partial charge < -0.3 is 20.0 Å². The molecular formula is C33H35Cl2FeN7O12. The molecule has 19 nitrogen and oxygen atoms in total. The first-order chi connectivity index (χ1) is 25.2. The number of carbonyl (C=O) groups is 2. The molecule has 2 amide bonds. The van der Waals surface area contributed by atoms with Crippen molar-refractivity contribution in [3.8, 4) is 0 Å². The van der Waals surface area contributed by atoms with Crippen LogP contribution in [0.5, 0.6) is 0 Å². The molecule has 296 valence electrons. The van der Waals surface area contributed by atoms with Gasteiger partial charge in [-0.25, -0.2) is 42.3 Å². The van der Waals surface area contributed by atoms with Crippen LogP contribution in [0.25, 0.3) is 0 Å². The fourth-order valence-electron chi connectivity index (χ4n) is 3.93. The van der Waals surface area contributed by atoms with Crippen molar-refractivity contribution in [1.82, 2.24) is 34.7 Å². The summed E-state index contributed by atoms with van der Waals surface area (Å²) >= 11 is 0. The third-order valence-electron chi connectivity index (χ3n) is 6.05. The van der Waals surface area contributed by atoms with Gasteiger partial charge in [-0.1, -0.05) is 30.3 Å². The van der Waals surface area contributed by atoms with Crippen LogP contribution in [0.2, 0.25) is 0 Å². The average molecular weight is 848 g/mol. The second-order valence-corrected chi connectivity index (χ2v) is 12.1. The van der Waals surface area contributed by atoms with E-state index in [-0.39, 0.29) is 28.5 Å². The van der Waals surface area contributed by atoms with Crippen molar-refractivity contribution in [3.63, 3.8) is 0 Å². The Hall–Kier alpha value is -4.61. The molecule has 0 spiro atoms. The van der Waals surface area contributed by atoms with Gasteiger partial charge in [0.05, 0.1) is 34.2 Å². The van der Waals surface area contributed by atoms with Crippen LogP contribution >= 0.6 is 0 Å². The zero-order valence-electron chi connectivity index (χ0n) is 29.3. The van der Waals surface area contributed by atoms with Crippen LogP contribution < -0.4 is 37.3 Å². The van der Waals surface area contributed by atoms with Gasteiger partial charge in [0.15, 0.2) is 11.2 Å². The number of nitrogens with zero attached hydrogens (tertiary/aromatic N) is 7. The van der Waals surface area contributed by atoms with Crippen LogP contribution in [0.15, 0.2) is 116 Å². The predicted octanol–water partition coefficient (Wildman–Crippen LogP) is -6.88. The molecule has 5 rings (SSSR count). The van der Waals surface area contributed by atoms with E-state index in [2.05, 4.69) is 19.9 Å². The number of pyridine rings is 5. The van der Waals surface area contributed by atoms with E-state index in [1.165, 1.54) is 9.80 Å². The second-order valence-electron chi connectivity index (χ2n) is 10.6. The molecule has 0 unspecified atom stereocenters. The van der Waals surface area contributed by atoms with Gasteiger partial charge in [-0.2, -0.15) is 0 Å². The molecule has 2 N–H and O–H groups in total. The quantitative estimate of drug-likeness (QED) is 0.108. The molecule has 0 aliphatic carbocycles. The van der Waals surface area contributed by atoms with E-state index in [1.807, 2.05) is 0 Å². The Bertz CT molecular complexity index is 1580. The topological polar surface area (TPSA) is 330 Å². The molecule has 0 aliphatic heterocycles. The van der Waals surface area contributed by atoms with E-state index < -0.39 is 31.7 Å². The normalized spacial score (nSPS) is 10.7. The molecule has 0 fully saturated rings. The zero-order chi connectivity index (χ0) is 41.0. The summed E-state index contributed by atoms with van der Waals surface area (Å²) in [6.45, 7) is 0. The molecule has 5 aromatic rings. The van der Waals surface area contributed by atoms with E-state index in [0.717, 1.165) is 12.8 Å². The summed E-state index contributed by atoms with van der Waals surface area (Å²) in [4.78, 5) is 44.1. The SMILES string of the molecule is CN(C)C=O.CN(C)C=O.OC(c1ccccn1)(c1ccccn1)c1cccc(C(O)(c2ccccn2)c2ccccn2)n1.[Fe+2].[O-][Cl+3]([O-])([O-])[O-].[O-][Cl+3]([O-])([O-])[O-]. The van der Waals surface area contributed by atoms with Crippen LogP contribution in [0.3, 0.4) is 0 Å². The first-order valence-electron chi connectivity index (χ1n) is 14.7. The molecule has 0 radical (unpaired) electrons. The molecule has 5 heterocycles. The van der Waals surface area contributed by atoms with Crippen molar-refractivity contribution in [2.24, 2.45) is 0 Å². The third kappa shape index (κ3) is 18.5. The average Bonchev–Trinajstić information content (AvgIpc) is 3.14. The monoisotopic (exact) mass is 847 g/mol. The van der Waals surface area contributed by atoms with Crippen LogP contribution in [0.4, 0.5) is 0 Å². The molecule has 0 saturated carbocycles. The number of carbonyl (C=O) groups excluding carboxylic acids is 2. The van der Waals surface area contributed by atoms with E-state index >= 15 is 0 Å². The van der Waals surface area contributed by atoms with Crippen LogP contribution in [0, 0.1) is 20.5 Å². The summed E-state index contributed by atoms with van der Waals surface area (Å²) < 4.78 is 67.9. The fraction of sp³-hybridized carbons (Fsp3) is 0.182. The number of halogens is 2. The van der Waals surface area contributed by atoms with Gasteiger partial charge in [-0.05, 0) is 60.7 Å². The Morgan fingerprint density at radius 3 is 0.836 bits per heavy atom. The summed E-state index contributed by atoms with van der Waals surface area (Å²) in [7, 11) is -3.14. The minimum absolute atomic E-state index is 0. The first-order valence-corrected chi connectivity index (χ1v) is 17.2. The maximum atomic E-state index is 12.1. The minimum atomic E-state index is -4.94. The van der Waals surface area contributed by atoms with Gasteiger partial charge in [0.1, 0.15) is 0 Å². The summed E-state index contributed by atoms with van der Waals surface area (Å²) in [6.07, 6.45) is 7.91. The van der Waals surface area contributed by atoms with Crippen molar-refractivity contribution in [3.05, 3.63) is 150 Å². The number of hydrogen-bond acceptors (Lipinski definition) is 17. The molecule has 0 atom stereocenters. The molecule has 55 heavy (non-hydrogen) atoms. The second kappa shape index (κ2) is 24.0. The number of rotatable bonds is 8. The van der Waals surface area contributed by atoms with Crippen molar-refractivity contribution in [1.29, 1.82) is 0 Å². The molecule has 0 aromatic carbocycles. The molecule has 5 aromatic heterocycles. The molecular weight excluding hydrogens is 813 g/mol. The molecule has 0 bridgehead atoms. The van der Waals surface area contributed by atoms with E-state index in [0.29, 0.717) is 22.8 Å². The maximum absolute atomic E-state index is 12.1. The van der Waals surface area contributed by atoms with Crippen molar-refractivity contribution >= 4 is 12.8 Å². The molecule has 0 saturated heterocycles. The largest absolute Gasteiger partial charge is 2.00 e. The Kier molecular flexibility index (Phi) is 22.0. The van der Waals surface area contributed by atoms with Gasteiger partial charge in [0.2, 0.25) is 12.8 Å². The van der Waals surface area contributed by atoms with Gasteiger partial charge in [-0.15, -0.1) is 20.5 Å².